The van der Waals surface area contributed by atoms with E-state index in [0.717, 1.165) is 5.56 Å². The largest absolute Gasteiger partial charge is 0.349 e. The quantitative estimate of drug-likeness (QED) is 0.845. The molecule has 1 aliphatic rings. The minimum Gasteiger partial charge on any atom is -0.349 e. The van der Waals surface area contributed by atoms with E-state index in [0.29, 0.717) is 11.4 Å². The molecule has 0 saturated heterocycles. The molecule has 2 unspecified atom stereocenters. The van der Waals surface area contributed by atoms with Gasteiger partial charge in [-0.05, 0) is 31.0 Å². The first-order chi connectivity index (χ1) is 7.90. The Balaban J connectivity index is 1.95. The van der Waals surface area contributed by atoms with Crippen molar-refractivity contribution in [1.29, 1.82) is 0 Å². The Morgan fingerprint density at radius 3 is 2.41 bits per heavy atom. The maximum atomic E-state index is 11.8. The second-order valence-corrected chi connectivity index (χ2v) is 6.28. The highest BCUT2D eigenvalue weighted by atomic mass is 35.5. The number of amides is 1. The Kier molecular flexibility index (Phi) is 3.58. The molecule has 2 rings (SSSR count). The first-order valence-corrected chi connectivity index (χ1v) is 6.47. The van der Waals surface area contributed by atoms with Gasteiger partial charge in [-0.2, -0.15) is 0 Å². The van der Waals surface area contributed by atoms with Gasteiger partial charge in [-0.1, -0.05) is 23.7 Å². The van der Waals surface area contributed by atoms with Crippen LogP contribution in [0.25, 0.3) is 0 Å². The number of rotatable bonds is 3. The maximum Gasteiger partial charge on any atom is 0.226 e. The molecule has 1 N–H and O–H groups in total. The molecule has 1 aromatic rings. The van der Waals surface area contributed by atoms with Crippen LogP contribution in [0.5, 0.6) is 0 Å². The predicted molar refractivity (Wildman–Crippen MR) is 70.6 cm³/mol. The van der Waals surface area contributed by atoms with Crippen LogP contribution < -0.4 is 5.32 Å². The van der Waals surface area contributed by atoms with Crippen molar-refractivity contribution in [2.75, 3.05) is 0 Å². The molecule has 5 heteroatoms. The molecule has 1 amide bonds. The van der Waals surface area contributed by atoms with Gasteiger partial charge in [0.25, 0.3) is 0 Å². The van der Waals surface area contributed by atoms with E-state index in [4.69, 9.17) is 34.8 Å². The Morgan fingerprint density at radius 2 is 1.94 bits per heavy atom. The first kappa shape index (κ1) is 13.0. The minimum atomic E-state index is -0.871. The van der Waals surface area contributed by atoms with Crippen molar-refractivity contribution in [3.63, 3.8) is 0 Å². The lowest BCUT2D eigenvalue weighted by Crippen LogP contribution is -2.29. The van der Waals surface area contributed by atoms with Crippen LogP contribution >= 0.6 is 34.8 Å². The summed E-state index contributed by atoms with van der Waals surface area (Å²) in [4.78, 5) is 11.8. The smallest absolute Gasteiger partial charge is 0.226 e. The summed E-state index contributed by atoms with van der Waals surface area (Å²) >= 11 is 17.5. The van der Waals surface area contributed by atoms with Crippen LogP contribution in [0.15, 0.2) is 24.3 Å². The monoisotopic (exact) mass is 291 g/mol. The van der Waals surface area contributed by atoms with E-state index in [9.17, 15) is 4.79 Å². The SMILES string of the molecule is CC(NC(=O)C1CC1(Cl)Cl)c1ccc(Cl)cc1. The van der Waals surface area contributed by atoms with Gasteiger partial charge in [0, 0.05) is 5.02 Å². The molecule has 2 atom stereocenters. The number of halogens is 3. The van der Waals surface area contributed by atoms with Gasteiger partial charge in [-0.15, -0.1) is 23.2 Å². The molecule has 17 heavy (non-hydrogen) atoms. The van der Waals surface area contributed by atoms with Gasteiger partial charge in [-0.25, -0.2) is 0 Å². The van der Waals surface area contributed by atoms with Gasteiger partial charge < -0.3 is 5.32 Å². The summed E-state index contributed by atoms with van der Waals surface area (Å²) in [5.41, 5.74) is 0.998. The summed E-state index contributed by atoms with van der Waals surface area (Å²) in [7, 11) is 0. The van der Waals surface area contributed by atoms with Gasteiger partial charge in [0.2, 0.25) is 5.91 Å². The van der Waals surface area contributed by atoms with E-state index in [1.165, 1.54) is 0 Å². The van der Waals surface area contributed by atoms with E-state index >= 15 is 0 Å². The number of alkyl halides is 2. The average Bonchev–Trinajstić information content (AvgIpc) is 2.89. The van der Waals surface area contributed by atoms with Crippen molar-refractivity contribution in [3.8, 4) is 0 Å². The summed E-state index contributed by atoms with van der Waals surface area (Å²) < 4.78 is -0.871. The third-order valence-corrected chi connectivity index (χ3v) is 3.96. The van der Waals surface area contributed by atoms with E-state index < -0.39 is 4.33 Å². The summed E-state index contributed by atoms with van der Waals surface area (Å²) in [6, 6.07) is 7.28. The molecule has 1 aromatic carbocycles. The van der Waals surface area contributed by atoms with E-state index in [-0.39, 0.29) is 17.9 Å². The van der Waals surface area contributed by atoms with Crippen LogP contribution in [0.3, 0.4) is 0 Å². The molecular formula is C12H12Cl3NO. The topological polar surface area (TPSA) is 29.1 Å². The molecule has 0 heterocycles. The molecule has 92 valence electrons. The van der Waals surface area contributed by atoms with Crippen molar-refractivity contribution >= 4 is 40.7 Å². The number of carbonyl (C=O) groups excluding carboxylic acids is 1. The summed E-state index contributed by atoms with van der Waals surface area (Å²) in [5.74, 6) is -0.391. The van der Waals surface area contributed by atoms with E-state index in [1.807, 2.05) is 19.1 Å². The maximum absolute atomic E-state index is 11.8. The second kappa shape index (κ2) is 4.68. The lowest BCUT2D eigenvalue weighted by Gasteiger charge is -2.14. The van der Waals surface area contributed by atoms with Crippen molar-refractivity contribution in [1.82, 2.24) is 5.32 Å². The highest BCUT2D eigenvalue weighted by Crippen LogP contribution is 2.53. The second-order valence-electron chi connectivity index (χ2n) is 4.30. The van der Waals surface area contributed by atoms with Crippen LogP contribution in [0.1, 0.15) is 24.9 Å². The zero-order valence-electron chi connectivity index (χ0n) is 9.21. The molecule has 0 radical (unpaired) electrons. The van der Waals surface area contributed by atoms with Crippen LogP contribution in [-0.4, -0.2) is 10.2 Å². The minimum absolute atomic E-state index is 0.0792. The predicted octanol–water partition coefficient (Wildman–Crippen LogP) is 3.71. The van der Waals surface area contributed by atoms with Crippen molar-refractivity contribution in [2.24, 2.45) is 5.92 Å². The molecule has 0 aliphatic heterocycles. The molecular weight excluding hydrogens is 280 g/mol. The third kappa shape index (κ3) is 3.06. The average molecular weight is 293 g/mol. The molecule has 2 nitrogen and oxygen atoms in total. The van der Waals surface area contributed by atoms with Gasteiger partial charge in [0.15, 0.2) is 0 Å². The number of carbonyl (C=O) groups is 1. The van der Waals surface area contributed by atoms with Crippen LogP contribution in [-0.2, 0) is 4.79 Å². The van der Waals surface area contributed by atoms with E-state index in [2.05, 4.69) is 5.32 Å². The van der Waals surface area contributed by atoms with Crippen LogP contribution in [0, 0.1) is 5.92 Å². The summed E-state index contributed by atoms with van der Waals surface area (Å²) in [5, 5.41) is 3.56. The Labute approximate surface area is 115 Å². The number of benzene rings is 1. The summed E-state index contributed by atoms with van der Waals surface area (Å²) in [6.45, 7) is 1.91. The van der Waals surface area contributed by atoms with Gasteiger partial charge >= 0.3 is 0 Å². The lowest BCUT2D eigenvalue weighted by atomic mass is 10.1. The Bertz CT molecular complexity index is 430. The molecule has 1 saturated carbocycles. The van der Waals surface area contributed by atoms with Gasteiger partial charge in [0.05, 0.1) is 12.0 Å². The normalized spacial score (nSPS) is 22.9. The fourth-order valence-corrected chi connectivity index (χ4v) is 2.28. The molecule has 1 fully saturated rings. The van der Waals surface area contributed by atoms with Crippen molar-refractivity contribution in [3.05, 3.63) is 34.9 Å². The fourth-order valence-electron chi connectivity index (χ4n) is 1.65. The molecule has 1 aliphatic carbocycles. The van der Waals surface area contributed by atoms with Crippen LogP contribution in [0.2, 0.25) is 5.02 Å². The van der Waals surface area contributed by atoms with Crippen molar-refractivity contribution < 1.29 is 4.79 Å². The van der Waals surface area contributed by atoms with E-state index in [1.54, 1.807) is 12.1 Å². The number of hydrogen-bond donors (Lipinski definition) is 1. The highest BCUT2D eigenvalue weighted by Gasteiger charge is 2.56. The zero-order chi connectivity index (χ0) is 12.6. The van der Waals surface area contributed by atoms with Gasteiger partial charge in [0.1, 0.15) is 4.33 Å². The van der Waals surface area contributed by atoms with Crippen molar-refractivity contribution in [2.45, 2.75) is 23.7 Å². The van der Waals surface area contributed by atoms with Gasteiger partial charge in [-0.3, -0.25) is 4.79 Å². The molecule has 0 spiro atoms. The first-order valence-electron chi connectivity index (χ1n) is 5.34. The molecule has 0 aromatic heterocycles. The number of nitrogens with one attached hydrogen (secondary N) is 1. The summed E-state index contributed by atoms with van der Waals surface area (Å²) in [6.07, 6.45) is 0.523. The Morgan fingerprint density at radius 1 is 1.41 bits per heavy atom. The fraction of sp³-hybridized carbons (Fsp3) is 0.417. The number of hydrogen-bond acceptors (Lipinski definition) is 1. The standard InChI is InChI=1S/C12H12Cl3NO/c1-7(8-2-4-9(13)5-3-8)16-11(17)10-6-12(10,14)15/h2-5,7,10H,6H2,1H3,(H,16,17). The Hall–Kier alpha value is -0.440. The highest BCUT2D eigenvalue weighted by molar-refractivity contribution is 6.52. The lowest BCUT2D eigenvalue weighted by molar-refractivity contribution is -0.123. The third-order valence-electron chi connectivity index (χ3n) is 2.87. The van der Waals surface area contributed by atoms with Crippen LogP contribution in [0.4, 0.5) is 0 Å². The zero-order valence-corrected chi connectivity index (χ0v) is 11.5. The molecule has 0 bridgehead atoms.